The molecule has 29 heavy (non-hydrogen) atoms. The second kappa shape index (κ2) is 8.35. The lowest BCUT2D eigenvalue weighted by Crippen LogP contribution is -2.00. The fourth-order valence-electron chi connectivity index (χ4n) is 2.88. The van der Waals surface area contributed by atoms with Gasteiger partial charge >= 0.3 is 0 Å². The molecule has 0 atom stereocenters. The van der Waals surface area contributed by atoms with Gasteiger partial charge in [-0.05, 0) is 55.5 Å². The largest absolute Gasteiger partial charge is 0.270 e. The van der Waals surface area contributed by atoms with Crippen LogP contribution in [-0.2, 0) is 5.75 Å². The lowest BCUT2D eigenvalue weighted by Gasteiger charge is -2.11. The normalized spacial score (nSPS) is 11.0. The van der Waals surface area contributed by atoms with E-state index >= 15 is 0 Å². The number of hydrogen-bond acceptors (Lipinski definition) is 3. The van der Waals surface area contributed by atoms with E-state index < -0.39 is 11.6 Å². The molecule has 0 saturated heterocycles. The SMILES string of the molecule is Cc1ccc(-n2c(SCc3c(F)cccc3F)nnc2-c2ccc(Cl)cc2)cc1. The van der Waals surface area contributed by atoms with Crippen LogP contribution >= 0.6 is 23.4 Å². The lowest BCUT2D eigenvalue weighted by atomic mass is 10.2. The van der Waals surface area contributed by atoms with Crippen molar-refractivity contribution in [3.8, 4) is 17.1 Å². The minimum absolute atomic E-state index is 0.0176. The monoisotopic (exact) mass is 427 g/mol. The van der Waals surface area contributed by atoms with Crippen molar-refractivity contribution in [1.82, 2.24) is 14.8 Å². The van der Waals surface area contributed by atoms with Gasteiger partial charge in [-0.2, -0.15) is 0 Å². The van der Waals surface area contributed by atoms with E-state index in [-0.39, 0.29) is 11.3 Å². The van der Waals surface area contributed by atoms with Crippen molar-refractivity contribution in [3.63, 3.8) is 0 Å². The topological polar surface area (TPSA) is 30.7 Å². The number of nitrogens with zero attached hydrogens (tertiary/aromatic N) is 3. The Morgan fingerprint density at radius 1 is 0.897 bits per heavy atom. The molecule has 0 unspecified atom stereocenters. The number of thioether (sulfide) groups is 1. The van der Waals surface area contributed by atoms with Gasteiger partial charge in [-0.3, -0.25) is 4.57 Å². The Morgan fingerprint density at radius 3 is 2.21 bits per heavy atom. The molecular formula is C22H16ClF2N3S. The van der Waals surface area contributed by atoms with Crippen LogP contribution in [0.5, 0.6) is 0 Å². The molecule has 4 rings (SSSR count). The van der Waals surface area contributed by atoms with Crippen molar-refractivity contribution in [2.45, 2.75) is 17.8 Å². The number of hydrogen-bond donors (Lipinski definition) is 0. The summed E-state index contributed by atoms with van der Waals surface area (Å²) in [5, 5.41) is 9.79. The fraction of sp³-hybridized carbons (Fsp3) is 0.0909. The van der Waals surface area contributed by atoms with E-state index in [2.05, 4.69) is 10.2 Å². The predicted octanol–water partition coefficient (Wildman–Crippen LogP) is 6.47. The van der Waals surface area contributed by atoms with Crippen LogP contribution in [-0.4, -0.2) is 14.8 Å². The molecule has 0 aliphatic carbocycles. The first-order chi connectivity index (χ1) is 14.0. The Hall–Kier alpha value is -2.70. The van der Waals surface area contributed by atoms with Crippen LogP contribution in [0.3, 0.4) is 0 Å². The Kier molecular flexibility index (Phi) is 5.65. The second-order valence-electron chi connectivity index (χ2n) is 6.47. The highest BCUT2D eigenvalue weighted by atomic mass is 35.5. The van der Waals surface area contributed by atoms with Crippen molar-refractivity contribution in [1.29, 1.82) is 0 Å². The van der Waals surface area contributed by atoms with Gasteiger partial charge in [-0.15, -0.1) is 10.2 Å². The maximum Gasteiger partial charge on any atom is 0.196 e. The molecule has 0 amide bonds. The van der Waals surface area contributed by atoms with Gasteiger partial charge in [0.05, 0.1) is 0 Å². The smallest absolute Gasteiger partial charge is 0.196 e. The summed E-state index contributed by atoms with van der Waals surface area (Å²) in [6.07, 6.45) is 0. The molecule has 3 aromatic carbocycles. The van der Waals surface area contributed by atoms with Crippen LogP contribution in [0.25, 0.3) is 17.1 Å². The van der Waals surface area contributed by atoms with Gasteiger partial charge in [0.15, 0.2) is 11.0 Å². The van der Waals surface area contributed by atoms with Crippen LogP contribution in [0.2, 0.25) is 5.02 Å². The Bertz CT molecular complexity index is 1120. The average Bonchev–Trinajstić information content (AvgIpc) is 3.13. The van der Waals surface area contributed by atoms with Gasteiger partial charge in [0.2, 0.25) is 0 Å². The first-order valence-corrected chi connectivity index (χ1v) is 10.2. The van der Waals surface area contributed by atoms with E-state index in [0.717, 1.165) is 16.8 Å². The summed E-state index contributed by atoms with van der Waals surface area (Å²) in [4.78, 5) is 0. The summed E-state index contributed by atoms with van der Waals surface area (Å²) in [5.74, 6) is -0.418. The van der Waals surface area contributed by atoms with Crippen LogP contribution in [0, 0.1) is 18.6 Å². The fourth-order valence-corrected chi connectivity index (χ4v) is 3.98. The first-order valence-electron chi connectivity index (χ1n) is 8.87. The van der Waals surface area contributed by atoms with Crippen molar-refractivity contribution >= 4 is 23.4 Å². The van der Waals surface area contributed by atoms with E-state index in [1.54, 1.807) is 12.1 Å². The highest BCUT2D eigenvalue weighted by molar-refractivity contribution is 7.98. The molecule has 0 spiro atoms. The highest BCUT2D eigenvalue weighted by Crippen LogP contribution is 2.31. The molecule has 146 valence electrons. The molecule has 0 radical (unpaired) electrons. The summed E-state index contributed by atoms with van der Waals surface area (Å²) in [6.45, 7) is 2.01. The number of aryl methyl sites for hydroxylation is 1. The molecule has 0 bridgehead atoms. The van der Waals surface area contributed by atoms with E-state index in [1.165, 1.54) is 30.0 Å². The standard InChI is InChI=1S/C22H16ClF2N3S/c1-14-5-11-17(12-6-14)28-21(15-7-9-16(23)10-8-15)26-27-22(28)29-13-18-19(24)3-2-4-20(18)25/h2-12H,13H2,1H3. The molecule has 0 fully saturated rings. The van der Waals surface area contributed by atoms with Crippen LogP contribution in [0.4, 0.5) is 8.78 Å². The molecule has 0 aliphatic heterocycles. The molecule has 0 saturated carbocycles. The van der Waals surface area contributed by atoms with Crippen molar-refractivity contribution in [3.05, 3.63) is 94.5 Å². The van der Waals surface area contributed by atoms with Gasteiger partial charge < -0.3 is 0 Å². The van der Waals surface area contributed by atoms with E-state index in [0.29, 0.717) is 16.0 Å². The summed E-state index contributed by atoms with van der Waals surface area (Å²) >= 11 is 7.24. The van der Waals surface area contributed by atoms with Gasteiger partial charge in [0, 0.05) is 27.6 Å². The summed E-state index contributed by atoms with van der Waals surface area (Å²) in [6, 6.07) is 19.1. The number of aromatic nitrogens is 3. The van der Waals surface area contributed by atoms with Gasteiger partial charge in [-0.1, -0.05) is 47.1 Å². The van der Waals surface area contributed by atoms with Crippen molar-refractivity contribution in [2.24, 2.45) is 0 Å². The minimum Gasteiger partial charge on any atom is -0.270 e. The lowest BCUT2D eigenvalue weighted by molar-refractivity contribution is 0.566. The third-order valence-electron chi connectivity index (χ3n) is 4.44. The number of benzene rings is 3. The second-order valence-corrected chi connectivity index (χ2v) is 7.85. The third-order valence-corrected chi connectivity index (χ3v) is 5.64. The molecule has 0 aliphatic rings. The molecule has 1 aromatic heterocycles. The van der Waals surface area contributed by atoms with Crippen molar-refractivity contribution < 1.29 is 8.78 Å². The molecule has 3 nitrogen and oxygen atoms in total. The van der Waals surface area contributed by atoms with E-state index in [1.807, 2.05) is 47.9 Å². The Morgan fingerprint density at radius 2 is 1.55 bits per heavy atom. The maximum absolute atomic E-state index is 14.0. The molecule has 1 heterocycles. The Labute approximate surface area is 176 Å². The van der Waals surface area contributed by atoms with E-state index in [4.69, 9.17) is 11.6 Å². The quantitative estimate of drug-likeness (QED) is 0.342. The number of halogens is 3. The molecular weight excluding hydrogens is 412 g/mol. The maximum atomic E-state index is 14.0. The first kappa shape index (κ1) is 19.6. The summed E-state index contributed by atoms with van der Waals surface area (Å²) in [5.41, 5.74) is 2.84. The average molecular weight is 428 g/mol. The zero-order valence-corrected chi connectivity index (χ0v) is 17.0. The van der Waals surface area contributed by atoms with Gasteiger partial charge in [0.25, 0.3) is 0 Å². The molecule has 7 heteroatoms. The number of rotatable bonds is 5. The summed E-state index contributed by atoms with van der Waals surface area (Å²) < 4.78 is 29.9. The molecule has 0 N–H and O–H groups in total. The van der Waals surface area contributed by atoms with Crippen LogP contribution in [0.1, 0.15) is 11.1 Å². The zero-order chi connectivity index (χ0) is 20.4. The Balaban J connectivity index is 1.75. The zero-order valence-electron chi connectivity index (χ0n) is 15.4. The predicted molar refractivity (Wildman–Crippen MR) is 112 cm³/mol. The van der Waals surface area contributed by atoms with E-state index in [9.17, 15) is 8.78 Å². The van der Waals surface area contributed by atoms with Crippen molar-refractivity contribution in [2.75, 3.05) is 0 Å². The van der Waals surface area contributed by atoms with Gasteiger partial charge in [-0.25, -0.2) is 8.78 Å². The molecule has 4 aromatic rings. The van der Waals surface area contributed by atoms with Gasteiger partial charge in [0.1, 0.15) is 11.6 Å². The van der Waals surface area contributed by atoms with Crippen LogP contribution < -0.4 is 0 Å². The third kappa shape index (κ3) is 4.18. The minimum atomic E-state index is -0.572. The highest BCUT2D eigenvalue weighted by Gasteiger charge is 2.18. The van der Waals surface area contributed by atoms with Crippen LogP contribution in [0.15, 0.2) is 71.9 Å². The summed E-state index contributed by atoms with van der Waals surface area (Å²) in [7, 11) is 0.